The number of piperidine rings is 1. The standard InChI is InChI=1S/C17H24N6O/c1-18-16(19-10-5-15-4-2-13-24-15)22-14-6-11-23(12-7-14)17-20-8-3-9-21-17/h2-4,8-9,13-14H,5-7,10-12H2,1H3,(H2,18,19,22). The number of furan rings is 1. The summed E-state index contributed by atoms with van der Waals surface area (Å²) in [5, 5.41) is 6.84. The number of nitrogens with one attached hydrogen (secondary N) is 2. The van der Waals surface area contributed by atoms with Crippen molar-refractivity contribution in [3.05, 3.63) is 42.6 Å². The first kappa shape index (κ1) is 16.3. The molecular weight excluding hydrogens is 304 g/mol. The van der Waals surface area contributed by atoms with Crippen molar-refractivity contribution < 1.29 is 4.42 Å². The third-order valence-electron chi connectivity index (χ3n) is 4.14. The monoisotopic (exact) mass is 328 g/mol. The summed E-state index contributed by atoms with van der Waals surface area (Å²) in [6.45, 7) is 2.69. The number of aromatic nitrogens is 2. The Morgan fingerprint density at radius 3 is 2.75 bits per heavy atom. The van der Waals surface area contributed by atoms with Gasteiger partial charge >= 0.3 is 0 Å². The molecule has 0 radical (unpaired) electrons. The summed E-state index contributed by atoms with van der Waals surface area (Å²) in [4.78, 5) is 15.2. The van der Waals surface area contributed by atoms with Crippen molar-refractivity contribution >= 4 is 11.9 Å². The molecule has 7 heteroatoms. The van der Waals surface area contributed by atoms with E-state index in [0.29, 0.717) is 6.04 Å². The lowest BCUT2D eigenvalue weighted by molar-refractivity contribution is 0.456. The Morgan fingerprint density at radius 1 is 1.29 bits per heavy atom. The predicted octanol–water partition coefficient (Wildman–Crippen LogP) is 1.45. The first-order valence-corrected chi connectivity index (χ1v) is 8.36. The second-order valence-corrected chi connectivity index (χ2v) is 5.78. The maximum Gasteiger partial charge on any atom is 0.225 e. The lowest BCUT2D eigenvalue weighted by Crippen LogP contribution is -2.49. The fraction of sp³-hybridized carbons (Fsp3) is 0.471. The molecule has 3 rings (SSSR count). The van der Waals surface area contributed by atoms with Gasteiger partial charge in [-0.05, 0) is 31.0 Å². The topological polar surface area (TPSA) is 78.6 Å². The minimum atomic E-state index is 0.416. The summed E-state index contributed by atoms with van der Waals surface area (Å²) in [7, 11) is 1.80. The normalized spacial score (nSPS) is 16.2. The van der Waals surface area contributed by atoms with E-state index in [-0.39, 0.29) is 0 Å². The van der Waals surface area contributed by atoms with Crippen LogP contribution in [0.2, 0.25) is 0 Å². The molecule has 0 bridgehead atoms. The van der Waals surface area contributed by atoms with Gasteiger partial charge in [-0.3, -0.25) is 4.99 Å². The van der Waals surface area contributed by atoms with Crippen LogP contribution in [0.1, 0.15) is 18.6 Å². The van der Waals surface area contributed by atoms with Crippen molar-refractivity contribution in [3.63, 3.8) is 0 Å². The summed E-state index contributed by atoms with van der Waals surface area (Å²) in [5.41, 5.74) is 0. The van der Waals surface area contributed by atoms with Gasteiger partial charge in [-0.1, -0.05) is 0 Å². The van der Waals surface area contributed by atoms with Gasteiger partial charge in [0.1, 0.15) is 5.76 Å². The van der Waals surface area contributed by atoms with Crippen LogP contribution in [0.4, 0.5) is 5.95 Å². The molecule has 7 nitrogen and oxygen atoms in total. The van der Waals surface area contributed by atoms with Crippen LogP contribution in [0.25, 0.3) is 0 Å². The Hall–Kier alpha value is -2.57. The second-order valence-electron chi connectivity index (χ2n) is 5.78. The number of nitrogens with zero attached hydrogens (tertiary/aromatic N) is 4. The molecule has 1 aliphatic rings. The fourth-order valence-electron chi connectivity index (χ4n) is 2.83. The average molecular weight is 328 g/mol. The van der Waals surface area contributed by atoms with Gasteiger partial charge in [0, 0.05) is 51.5 Å². The van der Waals surface area contributed by atoms with Gasteiger partial charge in [-0.2, -0.15) is 0 Å². The van der Waals surface area contributed by atoms with Crippen molar-refractivity contribution in [1.29, 1.82) is 0 Å². The van der Waals surface area contributed by atoms with E-state index >= 15 is 0 Å². The lowest BCUT2D eigenvalue weighted by Gasteiger charge is -2.33. The zero-order chi connectivity index (χ0) is 16.6. The van der Waals surface area contributed by atoms with Crippen molar-refractivity contribution in [2.45, 2.75) is 25.3 Å². The van der Waals surface area contributed by atoms with E-state index in [1.54, 1.807) is 25.7 Å². The molecule has 0 aliphatic carbocycles. The van der Waals surface area contributed by atoms with E-state index in [1.807, 2.05) is 18.2 Å². The highest BCUT2D eigenvalue weighted by Crippen LogP contribution is 2.15. The maximum atomic E-state index is 5.34. The molecule has 0 aromatic carbocycles. The number of hydrogen-bond acceptors (Lipinski definition) is 5. The molecule has 24 heavy (non-hydrogen) atoms. The van der Waals surface area contributed by atoms with Crippen LogP contribution in [0.15, 0.2) is 46.3 Å². The van der Waals surface area contributed by atoms with Gasteiger partial charge in [0.15, 0.2) is 5.96 Å². The van der Waals surface area contributed by atoms with E-state index in [2.05, 4.69) is 30.5 Å². The zero-order valence-corrected chi connectivity index (χ0v) is 14.0. The zero-order valence-electron chi connectivity index (χ0n) is 14.0. The SMILES string of the molecule is CN=C(NCCc1ccco1)NC1CCN(c2ncccn2)CC1. The largest absolute Gasteiger partial charge is 0.469 e. The molecular formula is C17H24N6O. The van der Waals surface area contributed by atoms with Gasteiger partial charge in [0.25, 0.3) is 0 Å². The molecule has 1 aliphatic heterocycles. The third-order valence-corrected chi connectivity index (χ3v) is 4.14. The lowest BCUT2D eigenvalue weighted by atomic mass is 10.1. The molecule has 0 amide bonds. The maximum absolute atomic E-state index is 5.34. The third kappa shape index (κ3) is 4.47. The van der Waals surface area contributed by atoms with Crippen LogP contribution in [0.5, 0.6) is 0 Å². The van der Waals surface area contributed by atoms with Crippen LogP contribution >= 0.6 is 0 Å². The van der Waals surface area contributed by atoms with E-state index in [9.17, 15) is 0 Å². The first-order valence-electron chi connectivity index (χ1n) is 8.36. The number of rotatable bonds is 5. The van der Waals surface area contributed by atoms with Crippen LogP contribution in [-0.2, 0) is 6.42 Å². The molecule has 1 saturated heterocycles. The number of anilines is 1. The molecule has 1 fully saturated rings. The quantitative estimate of drug-likeness (QED) is 0.639. The molecule has 2 aromatic heterocycles. The number of aliphatic imine (C=N–C) groups is 1. The molecule has 128 valence electrons. The molecule has 3 heterocycles. The van der Waals surface area contributed by atoms with Gasteiger partial charge in [-0.15, -0.1) is 0 Å². The summed E-state index contributed by atoms with van der Waals surface area (Å²) < 4.78 is 5.34. The summed E-state index contributed by atoms with van der Waals surface area (Å²) in [6.07, 6.45) is 8.20. The minimum Gasteiger partial charge on any atom is -0.469 e. The van der Waals surface area contributed by atoms with Gasteiger partial charge in [0.2, 0.25) is 5.95 Å². The smallest absolute Gasteiger partial charge is 0.225 e. The van der Waals surface area contributed by atoms with Crippen molar-refractivity contribution in [2.75, 3.05) is 31.6 Å². The van der Waals surface area contributed by atoms with E-state index in [4.69, 9.17) is 4.42 Å². The van der Waals surface area contributed by atoms with E-state index in [0.717, 1.165) is 56.6 Å². The fourth-order valence-corrected chi connectivity index (χ4v) is 2.83. The van der Waals surface area contributed by atoms with Gasteiger partial charge in [-0.25, -0.2) is 9.97 Å². The Kier molecular flexibility index (Phi) is 5.65. The Labute approximate surface area is 142 Å². The van der Waals surface area contributed by atoms with Gasteiger partial charge in [0.05, 0.1) is 6.26 Å². The number of hydrogen-bond donors (Lipinski definition) is 2. The van der Waals surface area contributed by atoms with Crippen LogP contribution < -0.4 is 15.5 Å². The molecule has 0 unspecified atom stereocenters. The predicted molar refractivity (Wildman–Crippen MR) is 94.2 cm³/mol. The Balaban J connectivity index is 1.41. The second kappa shape index (κ2) is 8.33. The van der Waals surface area contributed by atoms with Crippen LogP contribution in [-0.4, -0.2) is 48.7 Å². The molecule has 0 saturated carbocycles. The summed E-state index contributed by atoms with van der Waals surface area (Å²) >= 11 is 0. The molecule has 0 atom stereocenters. The van der Waals surface area contributed by atoms with Crippen LogP contribution in [0.3, 0.4) is 0 Å². The minimum absolute atomic E-state index is 0.416. The van der Waals surface area contributed by atoms with Crippen LogP contribution in [0, 0.1) is 0 Å². The molecule has 0 spiro atoms. The summed E-state index contributed by atoms with van der Waals surface area (Å²) in [6, 6.07) is 6.15. The Morgan fingerprint density at radius 2 is 2.08 bits per heavy atom. The highest BCUT2D eigenvalue weighted by molar-refractivity contribution is 5.80. The number of guanidine groups is 1. The summed E-state index contributed by atoms with van der Waals surface area (Å²) in [5.74, 6) is 2.64. The van der Waals surface area contributed by atoms with Crippen molar-refractivity contribution in [1.82, 2.24) is 20.6 Å². The van der Waals surface area contributed by atoms with E-state index in [1.165, 1.54) is 0 Å². The highest BCUT2D eigenvalue weighted by Gasteiger charge is 2.21. The average Bonchev–Trinajstić information content (AvgIpc) is 3.15. The van der Waals surface area contributed by atoms with Crippen molar-refractivity contribution in [2.24, 2.45) is 4.99 Å². The van der Waals surface area contributed by atoms with E-state index < -0.39 is 0 Å². The highest BCUT2D eigenvalue weighted by atomic mass is 16.3. The molecule has 2 N–H and O–H groups in total. The van der Waals surface area contributed by atoms with Gasteiger partial charge < -0.3 is 20.0 Å². The molecule has 2 aromatic rings. The first-order chi connectivity index (χ1) is 11.8. The van der Waals surface area contributed by atoms with Crippen molar-refractivity contribution in [3.8, 4) is 0 Å². The Bertz CT molecular complexity index is 620.